The van der Waals surface area contributed by atoms with Crippen LogP contribution in [0.1, 0.15) is 26.5 Å². The van der Waals surface area contributed by atoms with Gasteiger partial charge in [0.25, 0.3) is 11.8 Å². The fourth-order valence-corrected chi connectivity index (χ4v) is 2.32. The summed E-state index contributed by atoms with van der Waals surface area (Å²) in [6, 6.07) is 15.6. The van der Waals surface area contributed by atoms with Crippen LogP contribution in [0.5, 0.6) is 0 Å². The number of rotatable bonds is 5. The molecule has 27 heavy (non-hydrogen) atoms. The molecule has 0 radical (unpaired) electrons. The lowest BCUT2D eigenvalue weighted by atomic mass is 10.2. The van der Waals surface area contributed by atoms with E-state index in [4.69, 9.17) is 0 Å². The summed E-state index contributed by atoms with van der Waals surface area (Å²) in [4.78, 5) is 28.5. The zero-order valence-electron chi connectivity index (χ0n) is 14.1. The predicted molar refractivity (Wildman–Crippen MR) is 96.2 cm³/mol. The number of hydrogen-bond acceptors (Lipinski definition) is 3. The van der Waals surface area contributed by atoms with Crippen LogP contribution in [0.3, 0.4) is 0 Å². The lowest BCUT2D eigenvalue weighted by Gasteiger charge is -2.07. The van der Waals surface area contributed by atoms with Gasteiger partial charge in [0, 0.05) is 12.2 Å². The zero-order chi connectivity index (χ0) is 19.2. The van der Waals surface area contributed by atoms with Crippen LogP contribution >= 0.6 is 0 Å². The third kappa shape index (κ3) is 4.94. The third-order valence-electron chi connectivity index (χ3n) is 3.66. The molecule has 5 nitrogen and oxygen atoms in total. The first-order chi connectivity index (χ1) is 13.0. The van der Waals surface area contributed by atoms with Crippen LogP contribution < -0.4 is 10.6 Å². The van der Waals surface area contributed by atoms with Crippen LogP contribution in [0, 0.1) is 11.6 Å². The van der Waals surface area contributed by atoms with E-state index in [9.17, 15) is 18.4 Å². The van der Waals surface area contributed by atoms with Gasteiger partial charge in [-0.05, 0) is 48.0 Å². The highest BCUT2D eigenvalue weighted by Crippen LogP contribution is 2.11. The van der Waals surface area contributed by atoms with Crippen LogP contribution in [-0.2, 0) is 6.54 Å². The van der Waals surface area contributed by atoms with Crippen molar-refractivity contribution in [3.8, 4) is 0 Å². The van der Waals surface area contributed by atoms with Crippen LogP contribution in [0.15, 0.2) is 66.7 Å². The van der Waals surface area contributed by atoms with Gasteiger partial charge in [-0.3, -0.25) is 9.59 Å². The highest BCUT2D eigenvalue weighted by molar-refractivity contribution is 6.03. The summed E-state index contributed by atoms with van der Waals surface area (Å²) < 4.78 is 26.1. The summed E-state index contributed by atoms with van der Waals surface area (Å²) in [6.07, 6.45) is 0. The Morgan fingerprint density at radius 2 is 1.48 bits per heavy atom. The number of pyridine rings is 1. The van der Waals surface area contributed by atoms with Crippen molar-refractivity contribution in [2.45, 2.75) is 6.54 Å². The molecular weight excluding hydrogens is 352 g/mol. The number of aromatic nitrogens is 1. The molecular formula is C20H15F2N3O2. The first kappa shape index (κ1) is 18.2. The third-order valence-corrected chi connectivity index (χ3v) is 3.66. The Morgan fingerprint density at radius 1 is 0.815 bits per heavy atom. The summed E-state index contributed by atoms with van der Waals surface area (Å²) in [7, 11) is 0. The number of amides is 2. The highest BCUT2D eigenvalue weighted by Gasteiger charge is 2.13. The maximum atomic E-state index is 13.2. The Bertz CT molecular complexity index is 975. The van der Waals surface area contributed by atoms with Gasteiger partial charge in [0.1, 0.15) is 23.0 Å². The number of halogens is 2. The van der Waals surface area contributed by atoms with Gasteiger partial charge in [0.2, 0.25) is 0 Å². The Kier molecular flexibility index (Phi) is 5.51. The van der Waals surface area contributed by atoms with Crippen molar-refractivity contribution in [1.82, 2.24) is 10.3 Å². The van der Waals surface area contributed by atoms with E-state index in [0.717, 1.165) is 5.56 Å². The van der Waals surface area contributed by atoms with Gasteiger partial charge >= 0.3 is 0 Å². The molecule has 0 unspecified atom stereocenters. The maximum absolute atomic E-state index is 13.2. The van der Waals surface area contributed by atoms with Gasteiger partial charge in [0.15, 0.2) is 0 Å². The average molecular weight is 367 g/mol. The second-order valence-electron chi connectivity index (χ2n) is 5.68. The molecule has 0 fully saturated rings. The molecule has 0 saturated carbocycles. The number of carbonyl (C=O) groups is 2. The predicted octanol–water partition coefficient (Wildman–Crippen LogP) is 3.54. The minimum Gasteiger partial charge on any atom is -0.347 e. The zero-order valence-corrected chi connectivity index (χ0v) is 14.1. The van der Waals surface area contributed by atoms with Crippen molar-refractivity contribution < 1.29 is 18.4 Å². The van der Waals surface area contributed by atoms with Crippen molar-refractivity contribution in [3.05, 3.63) is 95.3 Å². The molecule has 0 atom stereocenters. The molecule has 0 bridgehead atoms. The molecule has 3 rings (SSSR count). The number of hydrogen-bond donors (Lipinski definition) is 2. The van der Waals surface area contributed by atoms with Crippen molar-refractivity contribution in [1.29, 1.82) is 0 Å². The van der Waals surface area contributed by atoms with Crippen LogP contribution in [-0.4, -0.2) is 16.8 Å². The fourth-order valence-electron chi connectivity index (χ4n) is 2.32. The second-order valence-corrected chi connectivity index (χ2v) is 5.68. The van der Waals surface area contributed by atoms with E-state index in [1.54, 1.807) is 18.2 Å². The van der Waals surface area contributed by atoms with Gasteiger partial charge in [-0.15, -0.1) is 0 Å². The number of carbonyl (C=O) groups excluding carboxylic acids is 2. The van der Waals surface area contributed by atoms with E-state index in [1.165, 1.54) is 48.5 Å². The molecule has 0 aliphatic rings. The summed E-state index contributed by atoms with van der Waals surface area (Å²) in [5, 5.41) is 5.17. The first-order valence-corrected chi connectivity index (χ1v) is 8.08. The Balaban J connectivity index is 1.66. The Hall–Kier alpha value is -3.61. The molecule has 136 valence electrons. The van der Waals surface area contributed by atoms with Gasteiger partial charge in [-0.1, -0.05) is 24.3 Å². The summed E-state index contributed by atoms with van der Waals surface area (Å²) >= 11 is 0. The van der Waals surface area contributed by atoms with Gasteiger partial charge in [0.05, 0.1) is 0 Å². The van der Waals surface area contributed by atoms with Gasteiger partial charge in [-0.25, -0.2) is 13.8 Å². The van der Waals surface area contributed by atoms with Crippen molar-refractivity contribution in [2.75, 3.05) is 5.32 Å². The summed E-state index contributed by atoms with van der Waals surface area (Å²) in [5.74, 6) is -1.87. The topological polar surface area (TPSA) is 71.1 Å². The van der Waals surface area contributed by atoms with E-state index < -0.39 is 17.6 Å². The van der Waals surface area contributed by atoms with E-state index in [1.807, 2.05) is 0 Å². The number of benzene rings is 2. The SMILES string of the molecule is O=C(NCc1ccc(F)cc1)c1cccc(C(=O)Nc2cccc(F)c2)n1. The van der Waals surface area contributed by atoms with Crippen LogP contribution in [0.4, 0.5) is 14.5 Å². The van der Waals surface area contributed by atoms with Crippen molar-refractivity contribution in [3.63, 3.8) is 0 Å². The Labute approximate surface area is 154 Å². The summed E-state index contributed by atoms with van der Waals surface area (Å²) in [6.45, 7) is 0.195. The minimum absolute atomic E-state index is 0.0219. The van der Waals surface area contributed by atoms with E-state index >= 15 is 0 Å². The monoisotopic (exact) mass is 367 g/mol. The molecule has 3 aromatic rings. The number of nitrogens with one attached hydrogen (secondary N) is 2. The smallest absolute Gasteiger partial charge is 0.274 e. The lowest BCUT2D eigenvalue weighted by molar-refractivity contribution is 0.0945. The highest BCUT2D eigenvalue weighted by atomic mass is 19.1. The van der Waals surface area contributed by atoms with Gasteiger partial charge < -0.3 is 10.6 Å². The van der Waals surface area contributed by atoms with Crippen molar-refractivity contribution in [2.24, 2.45) is 0 Å². The first-order valence-electron chi connectivity index (χ1n) is 8.08. The maximum Gasteiger partial charge on any atom is 0.274 e. The molecule has 2 aromatic carbocycles. The van der Waals surface area contributed by atoms with Crippen LogP contribution in [0.25, 0.3) is 0 Å². The van der Waals surface area contributed by atoms with E-state index in [0.29, 0.717) is 0 Å². The lowest BCUT2D eigenvalue weighted by Crippen LogP contribution is -2.25. The second kappa shape index (κ2) is 8.18. The molecule has 0 saturated heterocycles. The fraction of sp³-hybridized carbons (Fsp3) is 0.0500. The molecule has 0 aliphatic heterocycles. The average Bonchev–Trinajstić information content (AvgIpc) is 2.67. The summed E-state index contributed by atoms with van der Waals surface area (Å²) in [5.41, 5.74) is 1.09. The molecule has 0 aliphatic carbocycles. The normalized spacial score (nSPS) is 10.3. The largest absolute Gasteiger partial charge is 0.347 e. The quantitative estimate of drug-likeness (QED) is 0.725. The standard InChI is InChI=1S/C20H15F2N3O2/c21-14-9-7-13(8-10-14)12-23-19(26)17-5-2-6-18(25-17)20(27)24-16-4-1-3-15(22)11-16/h1-11H,12H2,(H,23,26)(H,24,27). The minimum atomic E-state index is -0.561. The molecule has 0 spiro atoms. The molecule has 1 aromatic heterocycles. The number of nitrogens with zero attached hydrogens (tertiary/aromatic N) is 1. The van der Waals surface area contributed by atoms with Gasteiger partial charge in [-0.2, -0.15) is 0 Å². The Morgan fingerprint density at radius 3 is 2.19 bits per heavy atom. The van der Waals surface area contributed by atoms with Crippen LogP contribution in [0.2, 0.25) is 0 Å². The van der Waals surface area contributed by atoms with Crippen molar-refractivity contribution >= 4 is 17.5 Å². The molecule has 7 heteroatoms. The number of anilines is 1. The molecule has 2 amide bonds. The molecule has 1 heterocycles. The molecule has 2 N–H and O–H groups in total. The van der Waals surface area contributed by atoms with E-state index in [-0.39, 0.29) is 29.4 Å². The van der Waals surface area contributed by atoms with E-state index in [2.05, 4.69) is 15.6 Å².